The molecule has 14 heavy (non-hydrogen) atoms. The summed E-state index contributed by atoms with van der Waals surface area (Å²) in [5.41, 5.74) is 5.59. The first-order chi connectivity index (χ1) is 6.22. The van der Waals surface area contributed by atoms with E-state index in [1.165, 1.54) is 12.8 Å². The molecule has 2 heteroatoms. The van der Waals surface area contributed by atoms with Crippen molar-refractivity contribution in [3.63, 3.8) is 0 Å². The van der Waals surface area contributed by atoms with Gasteiger partial charge in [-0.15, -0.1) is 0 Å². The first-order valence-corrected chi connectivity index (χ1v) is 5.65. The molecule has 0 aromatic rings. The van der Waals surface area contributed by atoms with Gasteiger partial charge in [-0.1, -0.05) is 13.8 Å². The van der Waals surface area contributed by atoms with Crippen molar-refractivity contribution in [2.24, 2.45) is 16.6 Å². The largest absolute Gasteiger partial charge is 0.390 e. The van der Waals surface area contributed by atoms with Crippen LogP contribution in [-0.2, 0) is 0 Å². The molecule has 0 radical (unpaired) electrons. The van der Waals surface area contributed by atoms with E-state index >= 15 is 0 Å². The minimum absolute atomic E-state index is 0.0531. The Hall–Kier alpha value is -0.0800. The molecule has 0 bridgehead atoms. The van der Waals surface area contributed by atoms with Crippen LogP contribution in [0.15, 0.2) is 0 Å². The van der Waals surface area contributed by atoms with E-state index in [1.807, 2.05) is 13.8 Å². The third kappa shape index (κ3) is 2.12. The van der Waals surface area contributed by atoms with E-state index < -0.39 is 5.60 Å². The third-order valence-electron chi connectivity index (χ3n) is 4.25. The van der Waals surface area contributed by atoms with Gasteiger partial charge in [0.1, 0.15) is 0 Å². The summed E-state index contributed by atoms with van der Waals surface area (Å²) >= 11 is 0. The van der Waals surface area contributed by atoms with Crippen molar-refractivity contribution in [2.75, 3.05) is 6.54 Å². The zero-order valence-electron chi connectivity index (χ0n) is 10.1. The summed E-state index contributed by atoms with van der Waals surface area (Å²) in [4.78, 5) is 0. The molecule has 1 aliphatic rings. The zero-order chi connectivity index (χ0) is 11.0. The van der Waals surface area contributed by atoms with Crippen molar-refractivity contribution in [2.45, 2.75) is 59.0 Å². The fourth-order valence-corrected chi connectivity index (χ4v) is 2.47. The molecule has 0 aromatic carbocycles. The van der Waals surface area contributed by atoms with E-state index in [1.54, 1.807) is 0 Å². The van der Waals surface area contributed by atoms with Crippen molar-refractivity contribution >= 4 is 0 Å². The monoisotopic (exact) mass is 199 g/mol. The molecule has 0 aromatic heterocycles. The molecule has 0 spiro atoms. The van der Waals surface area contributed by atoms with Gasteiger partial charge >= 0.3 is 0 Å². The van der Waals surface area contributed by atoms with Crippen molar-refractivity contribution in [1.29, 1.82) is 0 Å². The van der Waals surface area contributed by atoms with E-state index in [0.717, 1.165) is 12.8 Å². The molecule has 3 N–H and O–H groups in total. The highest BCUT2D eigenvalue weighted by atomic mass is 16.3. The summed E-state index contributed by atoms with van der Waals surface area (Å²) in [6, 6.07) is 0. The highest BCUT2D eigenvalue weighted by molar-refractivity contribution is 4.98. The van der Waals surface area contributed by atoms with Gasteiger partial charge in [0, 0.05) is 12.0 Å². The minimum Gasteiger partial charge on any atom is -0.390 e. The zero-order valence-corrected chi connectivity index (χ0v) is 10.1. The lowest BCUT2D eigenvalue weighted by molar-refractivity contribution is -0.0861. The smallest absolute Gasteiger partial charge is 0.0659 e. The van der Waals surface area contributed by atoms with Crippen LogP contribution in [0.3, 0.4) is 0 Å². The molecule has 0 unspecified atom stereocenters. The van der Waals surface area contributed by atoms with Gasteiger partial charge in [0.15, 0.2) is 0 Å². The van der Waals surface area contributed by atoms with Crippen LogP contribution < -0.4 is 5.73 Å². The molecule has 0 saturated heterocycles. The molecule has 1 saturated carbocycles. The van der Waals surface area contributed by atoms with Crippen molar-refractivity contribution < 1.29 is 5.11 Å². The molecule has 1 aliphatic carbocycles. The van der Waals surface area contributed by atoms with Gasteiger partial charge < -0.3 is 10.8 Å². The standard InChI is InChI=1S/C12H25NO/c1-10(2)5-7-12(9-13,8-6-10)11(3,4)14/h14H,5-9,13H2,1-4H3. The summed E-state index contributed by atoms with van der Waals surface area (Å²) in [6.07, 6.45) is 4.46. The maximum absolute atomic E-state index is 10.2. The average molecular weight is 199 g/mol. The van der Waals surface area contributed by atoms with E-state index in [4.69, 9.17) is 5.73 Å². The number of hydrogen-bond donors (Lipinski definition) is 2. The second-order valence-electron chi connectivity index (χ2n) is 6.21. The maximum atomic E-state index is 10.2. The van der Waals surface area contributed by atoms with Crippen LogP contribution in [0.1, 0.15) is 53.4 Å². The lowest BCUT2D eigenvalue weighted by atomic mass is 9.59. The number of rotatable bonds is 2. The predicted octanol–water partition coefficient (Wildman–Crippen LogP) is 2.30. The summed E-state index contributed by atoms with van der Waals surface area (Å²) in [5, 5.41) is 10.2. The lowest BCUT2D eigenvalue weighted by Gasteiger charge is -2.49. The molecule has 0 amide bonds. The topological polar surface area (TPSA) is 46.2 Å². The van der Waals surface area contributed by atoms with Gasteiger partial charge in [-0.2, -0.15) is 0 Å². The van der Waals surface area contributed by atoms with Crippen LogP contribution in [0.5, 0.6) is 0 Å². The second-order valence-corrected chi connectivity index (χ2v) is 6.21. The normalized spacial score (nSPS) is 26.1. The Morgan fingerprint density at radius 2 is 1.57 bits per heavy atom. The quantitative estimate of drug-likeness (QED) is 0.717. The van der Waals surface area contributed by atoms with E-state index in [-0.39, 0.29) is 5.41 Å². The Morgan fingerprint density at radius 3 is 1.86 bits per heavy atom. The molecular formula is C12H25NO. The van der Waals surface area contributed by atoms with Crippen LogP contribution in [0.25, 0.3) is 0 Å². The number of nitrogens with two attached hydrogens (primary N) is 1. The Labute approximate surface area is 87.9 Å². The summed E-state index contributed by atoms with van der Waals surface area (Å²) < 4.78 is 0. The fraction of sp³-hybridized carbons (Fsp3) is 1.00. The Balaban J connectivity index is 2.77. The Bertz CT molecular complexity index is 193. The summed E-state index contributed by atoms with van der Waals surface area (Å²) in [6.45, 7) is 9.01. The van der Waals surface area contributed by atoms with E-state index in [2.05, 4.69) is 13.8 Å². The van der Waals surface area contributed by atoms with Crippen LogP contribution in [0.4, 0.5) is 0 Å². The molecule has 2 nitrogen and oxygen atoms in total. The Kier molecular flexibility index (Phi) is 2.99. The molecule has 0 aliphatic heterocycles. The van der Waals surface area contributed by atoms with Crippen molar-refractivity contribution in [3.05, 3.63) is 0 Å². The molecule has 0 atom stereocenters. The van der Waals surface area contributed by atoms with Crippen LogP contribution in [0, 0.1) is 10.8 Å². The molecule has 84 valence electrons. The molecule has 0 heterocycles. The summed E-state index contributed by atoms with van der Waals surface area (Å²) in [7, 11) is 0. The van der Waals surface area contributed by atoms with Crippen LogP contribution >= 0.6 is 0 Å². The first-order valence-electron chi connectivity index (χ1n) is 5.65. The SMILES string of the molecule is CC1(C)CCC(CN)(C(C)(C)O)CC1. The highest BCUT2D eigenvalue weighted by Crippen LogP contribution is 2.49. The first kappa shape index (κ1) is 12.0. The average Bonchev–Trinajstić information content (AvgIpc) is 2.03. The maximum Gasteiger partial charge on any atom is 0.0659 e. The molecular weight excluding hydrogens is 174 g/mol. The highest BCUT2D eigenvalue weighted by Gasteiger charge is 2.46. The second kappa shape index (κ2) is 3.49. The van der Waals surface area contributed by atoms with Crippen molar-refractivity contribution in [1.82, 2.24) is 0 Å². The lowest BCUT2D eigenvalue weighted by Crippen LogP contribution is -2.51. The van der Waals surface area contributed by atoms with E-state index in [0.29, 0.717) is 12.0 Å². The summed E-state index contributed by atoms with van der Waals surface area (Å²) in [5.74, 6) is 0. The molecule has 1 rings (SSSR count). The fourth-order valence-electron chi connectivity index (χ4n) is 2.47. The van der Waals surface area contributed by atoms with Gasteiger partial charge in [0.25, 0.3) is 0 Å². The van der Waals surface area contributed by atoms with Gasteiger partial charge in [0.05, 0.1) is 5.60 Å². The third-order valence-corrected chi connectivity index (χ3v) is 4.25. The van der Waals surface area contributed by atoms with Crippen molar-refractivity contribution in [3.8, 4) is 0 Å². The minimum atomic E-state index is -0.641. The van der Waals surface area contributed by atoms with Gasteiger partial charge in [-0.3, -0.25) is 0 Å². The van der Waals surface area contributed by atoms with Crippen LogP contribution in [-0.4, -0.2) is 17.3 Å². The van der Waals surface area contributed by atoms with Gasteiger partial charge in [-0.25, -0.2) is 0 Å². The molecule has 1 fully saturated rings. The van der Waals surface area contributed by atoms with Gasteiger partial charge in [0.2, 0.25) is 0 Å². The van der Waals surface area contributed by atoms with E-state index in [9.17, 15) is 5.11 Å². The van der Waals surface area contributed by atoms with Crippen LogP contribution in [0.2, 0.25) is 0 Å². The number of aliphatic hydroxyl groups is 1. The predicted molar refractivity (Wildman–Crippen MR) is 60.0 cm³/mol. The number of hydrogen-bond acceptors (Lipinski definition) is 2. The van der Waals surface area contributed by atoms with Gasteiger partial charge in [-0.05, 0) is 44.9 Å². The Morgan fingerprint density at radius 1 is 1.14 bits per heavy atom.